The average molecular weight is 252 g/mol. The van der Waals surface area contributed by atoms with Crippen LogP contribution in [-0.4, -0.2) is 37.0 Å². The summed E-state index contributed by atoms with van der Waals surface area (Å²) in [6.07, 6.45) is 1.56. The molecule has 0 aromatic heterocycles. The van der Waals surface area contributed by atoms with Crippen molar-refractivity contribution in [2.24, 2.45) is 5.73 Å². The van der Waals surface area contributed by atoms with Crippen molar-refractivity contribution >= 4 is 5.91 Å². The minimum absolute atomic E-state index is 0.156. The van der Waals surface area contributed by atoms with Crippen LogP contribution in [0.1, 0.15) is 23.2 Å². The number of hydrogen-bond donors (Lipinski definition) is 1. The first-order chi connectivity index (χ1) is 8.61. The highest BCUT2D eigenvalue weighted by Gasteiger charge is 2.24. The molecule has 0 radical (unpaired) electrons. The fourth-order valence-electron chi connectivity index (χ4n) is 2.12. The zero-order chi connectivity index (χ0) is 13.1. The lowest BCUT2D eigenvalue weighted by Gasteiger charge is -2.30. The van der Waals surface area contributed by atoms with Gasteiger partial charge in [-0.15, -0.1) is 0 Å². The molecular formula is C13H17FN2O2. The largest absolute Gasteiger partial charge is 0.496 e. The molecule has 98 valence electrons. The second-order valence-corrected chi connectivity index (χ2v) is 4.47. The van der Waals surface area contributed by atoms with Crippen LogP contribution in [0.4, 0.5) is 4.39 Å². The smallest absolute Gasteiger partial charge is 0.257 e. The van der Waals surface area contributed by atoms with Crippen molar-refractivity contribution in [1.29, 1.82) is 0 Å². The van der Waals surface area contributed by atoms with Crippen LogP contribution in [0.2, 0.25) is 0 Å². The summed E-state index contributed by atoms with van der Waals surface area (Å²) in [4.78, 5) is 14.0. The standard InChI is InChI=1S/C13H17FN2O2/c1-18-12-3-2-9(14)8-11(12)13(17)16-6-4-10(15)5-7-16/h2-3,8,10H,4-7,15H2,1H3. The van der Waals surface area contributed by atoms with Crippen LogP contribution in [0, 0.1) is 5.82 Å². The molecule has 1 fully saturated rings. The second-order valence-electron chi connectivity index (χ2n) is 4.47. The number of benzene rings is 1. The normalized spacial score (nSPS) is 16.7. The predicted molar refractivity (Wildman–Crippen MR) is 66.1 cm³/mol. The molecule has 1 heterocycles. The van der Waals surface area contributed by atoms with Gasteiger partial charge in [-0.3, -0.25) is 4.79 Å². The summed E-state index contributed by atoms with van der Waals surface area (Å²) >= 11 is 0. The van der Waals surface area contributed by atoms with Crippen molar-refractivity contribution in [2.45, 2.75) is 18.9 Å². The number of piperidine rings is 1. The van der Waals surface area contributed by atoms with E-state index in [1.165, 1.54) is 25.3 Å². The van der Waals surface area contributed by atoms with Gasteiger partial charge in [-0.2, -0.15) is 0 Å². The molecule has 4 nitrogen and oxygen atoms in total. The Morgan fingerprint density at radius 2 is 2.11 bits per heavy atom. The van der Waals surface area contributed by atoms with E-state index in [0.717, 1.165) is 12.8 Å². The Labute approximate surface area is 106 Å². The molecule has 1 aliphatic heterocycles. The number of hydrogen-bond acceptors (Lipinski definition) is 3. The number of carbonyl (C=O) groups is 1. The van der Waals surface area contributed by atoms with E-state index in [2.05, 4.69) is 0 Å². The number of carbonyl (C=O) groups excluding carboxylic acids is 1. The van der Waals surface area contributed by atoms with E-state index in [1.807, 2.05) is 0 Å². The third kappa shape index (κ3) is 2.61. The predicted octanol–water partition coefficient (Wildman–Crippen LogP) is 1.40. The molecule has 5 heteroatoms. The van der Waals surface area contributed by atoms with Gasteiger partial charge in [0.2, 0.25) is 0 Å². The van der Waals surface area contributed by atoms with E-state index in [1.54, 1.807) is 4.90 Å². The van der Waals surface area contributed by atoms with E-state index in [0.29, 0.717) is 18.8 Å². The summed E-state index contributed by atoms with van der Waals surface area (Å²) in [5.41, 5.74) is 6.06. The fourth-order valence-corrected chi connectivity index (χ4v) is 2.12. The van der Waals surface area contributed by atoms with E-state index in [4.69, 9.17) is 10.5 Å². The van der Waals surface area contributed by atoms with Gasteiger partial charge in [-0.25, -0.2) is 4.39 Å². The van der Waals surface area contributed by atoms with E-state index < -0.39 is 5.82 Å². The maximum atomic E-state index is 13.2. The Balaban J connectivity index is 2.20. The first-order valence-corrected chi connectivity index (χ1v) is 6.00. The summed E-state index contributed by atoms with van der Waals surface area (Å²) in [6, 6.07) is 4.12. The fraction of sp³-hybridized carbons (Fsp3) is 0.462. The lowest BCUT2D eigenvalue weighted by Crippen LogP contribution is -2.42. The summed E-state index contributed by atoms with van der Waals surface area (Å²) in [5, 5.41) is 0. The first kappa shape index (κ1) is 12.8. The first-order valence-electron chi connectivity index (χ1n) is 6.00. The third-order valence-corrected chi connectivity index (χ3v) is 3.22. The van der Waals surface area contributed by atoms with E-state index in [9.17, 15) is 9.18 Å². The Morgan fingerprint density at radius 3 is 2.72 bits per heavy atom. The minimum Gasteiger partial charge on any atom is -0.496 e. The number of halogens is 1. The highest BCUT2D eigenvalue weighted by atomic mass is 19.1. The molecule has 0 spiro atoms. The highest BCUT2D eigenvalue weighted by molar-refractivity contribution is 5.97. The van der Waals surface area contributed by atoms with Gasteiger partial charge in [0.25, 0.3) is 5.91 Å². The number of nitrogens with two attached hydrogens (primary N) is 1. The Bertz CT molecular complexity index is 443. The number of likely N-dealkylation sites (tertiary alicyclic amines) is 1. The maximum Gasteiger partial charge on any atom is 0.257 e. The molecule has 2 N–H and O–H groups in total. The highest BCUT2D eigenvalue weighted by Crippen LogP contribution is 2.22. The van der Waals surface area contributed by atoms with E-state index >= 15 is 0 Å². The van der Waals surface area contributed by atoms with Crippen molar-refractivity contribution in [3.63, 3.8) is 0 Å². The topological polar surface area (TPSA) is 55.6 Å². The summed E-state index contributed by atoms with van der Waals surface area (Å²) in [6.45, 7) is 1.22. The molecule has 0 bridgehead atoms. The van der Waals surface area contributed by atoms with Gasteiger partial charge in [0.1, 0.15) is 11.6 Å². The van der Waals surface area contributed by atoms with Gasteiger partial charge in [0.05, 0.1) is 12.7 Å². The molecule has 1 aromatic rings. The van der Waals surface area contributed by atoms with Crippen LogP contribution in [0.3, 0.4) is 0 Å². The van der Waals surface area contributed by atoms with Crippen molar-refractivity contribution in [3.05, 3.63) is 29.6 Å². The number of methoxy groups -OCH3 is 1. The summed E-state index contributed by atoms with van der Waals surface area (Å²) in [7, 11) is 1.47. The molecule has 1 aromatic carbocycles. The van der Waals surface area contributed by atoms with Crippen LogP contribution >= 0.6 is 0 Å². The maximum absolute atomic E-state index is 13.2. The van der Waals surface area contributed by atoms with Gasteiger partial charge in [-0.05, 0) is 31.0 Å². The molecule has 0 atom stereocenters. The van der Waals surface area contributed by atoms with Gasteiger partial charge in [0.15, 0.2) is 0 Å². The SMILES string of the molecule is COc1ccc(F)cc1C(=O)N1CCC(N)CC1. The molecule has 0 unspecified atom stereocenters. The van der Waals surface area contributed by atoms with Crippen LogP contribution < -0.4 is 10.5 Å². The van der Waals surface area contributed by atoms with Gasteiger partial charge in [0, 0.05) is 19.1 Å². The zero-order valence-corrected chi connectivity index (χ0v) is 10.4. The minimum atomic E-state index is -0.437. The van der Waals surface area contributed by atoms with Gasteiger partial charge >= 0.3 is 0 Å². The Morgan fingerprint density at radius 1 is 1.44 bits per heavy atom. The zero-order valence-electron chi connectivity index (χ0n) is 10.4. The molecule has 0 saturated carbocycles. The Kier molecular flexibility index (Phi) is 3.81. The van der Waals surface area contributed by atoms with Crippen LogP contribution in [0.5, 0.6) is 5.75 Å². The third-order valence-electron chi connectivity index (χ3n) is 3.22. The van der Waals surface area contributed by atoms with E-state index in [-0.39, 0.29) is 17.5 Å². The lowest BCUT2D eigenvalue weighted by atomic mass is 10.0. The van der Waals surface area contributed by atoms with Gasteiger partial charge < -0.3 is 15.4 Å². The number of ether oxygens (including phenoxy) is 1. The molecule has 1 saturated heterocycles. The summed E-state index contributed by atoms with van der Waals surface area (Å²) < 4.78 is 18.3. The van der Waals surface area contributed by atoms with Crippen LogP contribution in [-0.2, 0) is 0 Å². The lowest BCUT2D eigenvalue weighted by molar-refractivity contribution is 0.0711. The second kappa shape index (κ2) is 5.35. The Hall–Kier alpha value is -1.62. The molecular weight excluding hydrogens is 235 g/mol. The van der Waals surface area contributed by atoms with Crippen LogP contribution in [0.15, 0.2) is 18.2 Å². The van der Waals surface area contributed by atoms with Gasteiger partial charge in [-0.1, -0.05) is 0 Å². The van der Waals surface area contributed by atoms with Crippen molar-refractivity contribution < 1.29 is 13.9 Å². The molecule has 1 amide bonds. The van der Waals surface area contributed by atoms with Crippen molar-refractivity contribution in [1.82, 2.24) is 4.90 Å². The average Bonchev–Trinajstić information content (AvgIpc) is 2.39. The molecule has 0 aliphatic carbocycles. The van der Waals surface area contributed by atoms with Crippen LogP contribution in [0.25, 0.3) is 0 Å². The molecule has 18 heavy (non-hydrogen) atoms. The summed E-state index contributed by atoms with van der Waals surface area (Å²) in [5.74, 6) is -0.234. The number of nitrogens with zero attached hydrogens (tertiary/aromatic N) is 1. The quantitative estimate of drug-likeness (QED) is 0.865. The van der Waals surface area contributed by atoms with Crippen molar-refractivity contribution in [3.8, 4) is 5.75 Å². The number of rotatable bonds is 2. The molecule has 2 rings (SSSR count). The van der Waals surface area contributed by atoms with Crippen molar-refractivity contribution in [2.75, 3.05) is 20.2 Å². The monoisotopic (exact) mass is 252 g/mol. The molecule has 1 aliphatic rings. The number of amides is 1.